The molecule has 0 aliphatic rings. The first-order valence-electron chi connectivity index (χ1n) is 10.3. The number of hydrogen-bond donors (Lipinski definition) is 1. The van der Waals surface area contributed by atoms with E-state index < -0.39 is 5.91 Å². The van der Waals surface area contributed by atoms with Gasteiger partial charge in [-0.05, 0) is 61.2 Å². The van der Waals surface area contributed by atoms with Gasteiger partial charge in [-0.25, -0.2) is 0 Å². The molecule has 0 unspecified atom stereocenters. The molecule has 3 aromatic rings. The number of carbonyl (C=O) groups excluding carboxylic acids is 1. The minimum absolute atomic E-state index is 0.00329. The number of aryl methyl sites for hydroxylation is 3. The normalized spacial score (nSPS) is 10.9. The smallest absolute Gasteiger partial charge is 0.266 e. The van der Waals surface area contributed by atoms with Gasteiger partial charge in [0.05, 0.1) is 7.11 Å². The molecule has 1 N–H and O–H groups in total. The Labute approximate surface area is 188 Å². The van der Waals surface area contributed by atoms with Gasteiger partial charge in [-0.3, -0.25) is 4.79 Å². The molecule has 5 heteroatoms. The van der Waals surface area contributed by atoms with E-state index in [4.69, 9.17) is 9.47 Å². The predicted molar refractivity (Wildman–Crippen MR) is 127 cm³/mol. The zero-order chi connectivity index (χ0) is 23.1. The van der Waals surface area contributed by atoms with Crippen LogP contribution >= 0.6 is 0 Å². The Bertz CT molecular complexity index is 1170. The highest BCUT2D eigenvalue weighted by Gasteiger charge is 2.14. The van der Waals surface area contributed by atoms with E-state index in [1.807, 2.05) is 69.3 Å². The van der Waals surface area contributed by atoms with Gasteiger partial charge in [0.1, 0.15) is 18.2 Å². The largest absolute Gasteiger partial charge is 0.493 e. The van der Waals surface area contributed by atoms with Gasteiger partial charge in [0.2, 0.25) is 0 Å². The Morgan fingerprint density at radius 1 is 1.00 bits per heavy atom. The molecule has 1 amide bonds. The maximum atomic E-state index is 12.8. The molecule has 0 radical (unpaired) electrons. The molecular weight excluding hydrogens is 400 g/mol. The number of anilines is 1. The van der Waals surface area contributed by atoms with Crippen LogP contribution in [0, 0.1) is 32.1 Å². The van der Waals surface area contributed by atoms with Crippen molar-refractivity contribution in [3.05, 3.63) is 94.1 Å². The fraction of sp³-hybridized carbons (Fsp3) is 0.185. The number of nitriles is 1. The van der Waals surface area contributed by atoms with E-state index in [9.17, 15) is 10.1 Å². The summed E-state index contributed by atoms with van der Waals surface area (Å²) < 4.78 is 11.3. The lowest BCUT2D eigenvalue weighted by molar-refractivity contribution is -0.112. The average Bonchev–Trinajstić information content (AvgIpc) is 2.79. The molecule has 0 fully saturated rings. The summed E-state index contributed by atoms with van der Waals surface area (Å²) in [7, 11) is 1.57. The highest BCUT2D eigenvalue weighted by molar-refractivity contribution is 6.10. The van der Waals surface area contributed by atoms with Gasteiger partial charge in [0, 0.05) is 5.69 Å². The standard InChI is InChI=1S/C27H26N2O3/c1-18-12-19(2)26(20(3)13-18)29-27(30)23(16-28)14-22-10-11-24(31-4)25(15-22)32-17-21-8-6-5-7-9-21/h5-15H,17H2,1-4H3,(H,29,30)/b23-14+. The van der Waals surface area contributed by atoms with E-state index in [-0.39, 0.29) is 5.57 Å². The summed E-state index contributed by atoms with van der Waals surface area (Å²) in [5, 5.41) is 12.5. The Morgan fingerprint density at radius 2 is 1.69 bits per heavy atom. The fourth-order valence-electron chi connectivity index (χ4n) is 3.50. The van der Waals surface area contributed by atoms with Crippen molar-refractivity contribution in [2.75, 3.05) is 12.4 Å². The number of methoxy groups -OCH3 is 1. The molecule has 162 valence electrons. The van der Waals surface area contributed by atoms with Crippen LogP contribution in [-0.2, 0) is 11.4 Å². The van der Waals surface area contributed by atoms with Crippen LogP contribution in [0.1, 0.15) is 27.8 Å². The lowest BCUT2D eigenvalue weighted by atomic mass is 10.0. The van der Waals surface area contributed by atoms with Crippen LogP contribution in [0.3, 0.4) is 0 Å². The topological polar surface area (TPSA) is 71.3 Å². The van der Waals surface area contributed by atoms with Crippen LogP contribution in [-0.4, -0.2) is 13.0 Å². The predicted octanol–water partition coefficient (Wildman–Crippen LogP) is 5.75. The van der Waals surface area contributed by atoms with Crippen LogP contribution in [0.15, 0.2) is 66.2 Å². The van der Waals surface area contributed by atoms with Crippen molar-refractivity contribution in [2.24, 2.45) is 0 Å². The third kappa shape index (κ3) is 5.55. The van der Waals surface area contributed by atoms with E-state index in [0.29, 0.717) is 23.7 Å². The maximum Gasteiger partial charge on any atom is 0.266 e. The van der Waals surface area contributed by atoms with Crippen LogP contribution in [0.2, 0.25) is 0 Å². The van der Waals surface area contributed by atoms with E-state index in [1.165, 1.54) is 0 Å². The summed E-state index contributed by atoms with van der Waals surface area (Å²) in [4.78, 5) is 12.8. The third-order valence-corrected chi connectivity index (χ3v) is 5.02. The van der Waals surface area contributed by atoms with Crippen molar-refractivity contribution < 1.29 is 14.3 Å². The van der Waals surface area contributed by atoms with Crippen molar-refractivity contribution in [3.63, 3.8) is 0 Å². The molecule has 0 aliphatic heterocycles. The second kappa shape index (κ2) is 10.3. The zero-order valence-corrected chi connectivity index (χ0v) is 18.7. The molecule has 0 saturated heterocycles. The summed E-state index contributed by atoms with van der Waals surface area (Å²) in [5.74, 6) is 0.657. The molecule has 0 heterocycles. The Kier molecular flexibility index (Phi) is 7.30. The summed E-state index contributed by atoms with van der Waals surface area (Å²) in [6, 6.07) is 21.1. The summed E-state index contributed by atoms with van der Waals surface area (Å²) in [6.45, 7) is 6.26. The molecule has 0 bridgehead atoms. The molecule has 5 nitrogen and oxygen atoms in total. The molecule has 32 heavy (non-hydrogen) atoms. The van der Waals surface area contributed by atoms with Crippen LogP contribution in [0.4, 0.5) is 5.69 Å². The Hall–Kier alpha value is -4.04. The molecule has 0 spiro atoms. The number of carbonyl (C=O) groups is 1. The summed E-state index contributed by atoms with van der Waals surface area (Å²) in [6.07, 6.45) is 1.54. The molecule has 0 aliphatic carbocycles. The van der Waals surface area contributed by atoms with Gasteiger partial charge < -0.3 is 14.8 Å². The van der Waals surface area contributed by atoms with Crippen LogP contribution in [0.5, 0.6) is 11.5 Å². The van der Waals surface area contributed by atoms with Gasteiger partial charge in [0.15, 0.2) is 11.5 Å². The highest BCUT2D eigenvalue weighted by Crippen LogP contribution is 2.30. The van der Waals surface area contributed by atoms with Crippen molar-refractivity contribution in [1.82, 2.24) is 0 Å². The molecule has 0 saturated carbocycles. The first kappa shape index (κ1) is 22.6. The van der Waals surface area contributed by atoms with Gasteiger partial charge in [-0.1, -0.05) is 54.1 Å². The summed E-state index contributed by atoms with van der Waals surface area (Å²) >= 11 is 0. The SMILES string of the molecule is COc1ccc(/C=C(\C#N)C(=O)Nc2c(C)cc(C)cc2C)cc1OCc1ccccc1. The van der Waals surface area contributed by atoms with Crippen LogP contribution in [0.25, 0.3) is 6.08 Å². The maximum absolute atomic E-state index is 12.8. The number of rotatable bonds is 7. The molecule has 0 aromatic heterocycles. The zero-order valence-electron chi connectivity index (χ0n) is 18.7. The third-order valence-electron chi connectivity index (χ3n) is 5.02. The van der Waals surface area contributed by atoms with Crippen molar-refractivity contribution in [2.45, 2.75) is 27.4 Å². The van der Waals surface area contributed by atoms with E-state index in [0.717, 1.165) is 27.9 Å². The number of nitrogens with zero attached hydrogens (tertiary/aromatic N) is 1. The van der Waals surface area contributed by atoms with Gasteiger partial charge in [-0.2, -0.15) is 5.26 Å². The monoisotopic (exact) mass is 426 g/mol. The number of amides is 1. The Balaban J connectivity index is 1.83. The van der Waals surface area contributed by atoms with Gasteiger partial charge in [-0.15, -0.1) is 0 Å². The van der Waals surface area contributed by atoms with E-state index >= 15 is 0 Å². The molecule has 3 aromatic carbocycles. The molecule has 3 rings (SSSR count). The first-order valence-corrected chi connectivity index (χ1v) is 10.3. The van der Waals surface area contributed by atoms with Gasteiger partial charge >= 0.3 is 0 Å². The lowest BCUT2D eigenvalue weighted by Crippen LogP contribution is -2.15. The Morgan fingerprint density at radius 3 is 2.31 bits per heavy atom. The minimum Gasteiger partial charge on any atom is -0.493 e. The van der Waals surface area contributed by atoms with E-state index in [1.54, 1.807) is 31.4 Å². The first-order chi connectivity index (χ1) is 15.4. The number of benzene rings is 3. The van der Waals surface area contributed by atoms with Crippen molar-refractivity contribution in [3.8, 4) is 17.6 Å². The number of hydrogen-bond acceptors (Lipinski definition) is 4. The van der Waals surface area contributed by atoms with Gasteiger partial charge in [0.25, 0.3) is 5.91 Å². The highest BCUT2D eigenvalue weighted by atomic mass is 16.5. The fourth-order valence-corrected chi connectivity index (χ4v) is 3.50. The minimum atomic E-state index is -0.454. The second-order valence-electron chi connectivity index (χ2n) is 7.58. The van der Waals surface area contributed by atoms with E-state index in [2.05, 4.69) is 5.32 Å². The van der Waals surface area contributed by atoms with Crippen molar-refractivity contribution >= 4 is 17.7 Å². The number of ether oxygens (including phenoxy) is 2. The average molecular weight is 427 g/mol. The molecular formula is C27H26N2O3. The quantitative estimate of drug-likeness (QED) is 0.386. The second-order valence-corrected chi connectivity index (χ2v) is 7.58. The van der Waals surface area contributed by atoms with Crippen molar-refractivity contribution in [1.29, 1.82) is 5.26 Å². The molecule has 0 atom stereocenters. The van der Waals surface area contributed by atoms with Crippen LogP contribution < -0.4 is 14.8 Å². The number of nitrogens with one attached hydrogen (secondary N) is 1. The lowest BCUT2D eigenvalue weighted by Gasteiger charge is -2.13. The summed E-state index contributed by atoms with van der Waals surface area (Å²) in [5.41, 5.74) is 5.44.